The molecular weight excluding hydrogens is 609 g/mol. The fourth-order valence-electron chi connectivity index (χ4n) is 4.17. The molecule has 246 valence electrons. The van der Waals surface area contributed by atoms with Crippen LogP contribution in [0.1, 0.15) is 53.9 Å². The molecule has 0 aromatic heterocycles. The Morgan fingerprint density at radius 1 is 0.795 bits per heavy atom. The molecule has 0 saturated carbocycles. The molecule has 1 fully saturated rings. The maximum atomic E-state index is 13.9. The van der Waals surface area contributed by atoms with Crippen LogP contribution in [0.25, 0.3) is 0 Å². The number of carbonyl (C=O) groups excluding carboxylic acids is 5. The van der Waals surface area contributed by atoms with Crippen molar-refractivity contribution in [3.63, 3.8) is 0 Å². The molecule has 0 radical (unpaired) electrons. The Labute approximate surface area is 248 Å². The maximum Gasteiger partial charge on any atom is 0.303 e. The standard InChI is InChI=1S/C27H32F5NO11/c1-11(41-25-21(31)19(29)18(28)20(30)22(25)32)16(38)8-6-7-9-39-27-23(33-12(2)34)26(43-15(5)37)24(42-14(4)36)17(44-27)10-40-13(3)35/h11,17,23-24,26-27H,6-10H2,1-5H3,(H,33,34)/t11?,17-,23-,24+,26-,27-/m1/s1. The van der Waals surface area contributed by atoms with Gasteiger partial charge in [0.25, 0.3) is 0 Å². The zero-order valence-electron chi connectivity index (χ0n) is 24.4. The molecule has 2 rings (SSSR count). The summed E-state index contributed by atoms with van der Waals surface area (Å²) < 4.78 is 99.7. The van der Waals surface area contributed by atoms with Gasteiger partial charge in [0.1, 0.15) is 18.8 Å². The molecule has 1 N–H and O–H groups in total. The van der Waals surface area contributed by atoms with Crippen LogP contribution in [0.2, 0.25) is 0 Å². The smallest absolute Gasteiger partial charge is 0.303 e. The summed E-state index contributed by atoms with van der Waals surface area (Å²) in [5, 5.41) is 2.52. The molecule has 1 aromatic carbocycles. The van der Waals surface area contributed by atoms with Crippen LogP contribution in [0.4, 0.5) is 22.0 Å². The Morgan fingerprint density at radius 2 is 1.34 bits per heavy atom. The van der Waals surface area contributed by atoms with Crippen LogP contribution in [-0.2, 0) is 47.7 Å². The van der Waals surface area contributed by atoms with E-state index in [1.54, 1.807) is 0 Å². The van der Waals surface area contributed by atoms with Gasteiger partial charge < -0.3 is 33.7 Å². The van der Waals surface area contributed by atoms with E-state index in [0.29, 0.717) is 0 Å². The minimum Gasteiger partial charge on any atom is -0.477 e. The number of carbonyl (C=O) groups is 5. The Hall–Kier alpha value is -3.86. The summed E-state index contributed by atoms with van der Waals surface area (Å²) in [5.74, 6) is -16.4. The van der Waals surface area contributed by atoms with Gasteiger partial charge in [0, 0.05) is 40.7 Å². The number of unbranched alkanes of at least 4 members (excludes halogenated alkanes) is 1. The first-order valence-corrected chi connectivity index (χ1v) is 13.3. The van der Waals surface area contributed by atoms with Gasteiger partial charge in [-0.2, -0.15) is 8.78 Å². The molecule has 0 spiro atoms. The highest BCUT2D eigenvalue weighted by Crippen LogP contribution is 2.31. The summed E-state index contributed by atoms with van der Waals surface area (Å²) in [6, 6.07) is -1.20. The fourth-order valence-corrected chi connectivity index (χ4v) is 4.17. The molecule has 1 unspecified atom stereocenters. The van der Waals surface area contributed by atoms with Crippen molar-refractivity contribution < 1.29 is 74.3 Å². The topological polar surface area (TPSA) is 153 Å². The van der Waals surface area contributed by atoms with Crippen molar-refractivity contribution in [1.29, 1.82) is 0 Å². The van der Waals surface area contributed by atoms with Gasteiger partial charge in [-0.3, -0.25) is 24.0 Å². The number of hydrogen-bond donors (Lipinski definition) is 1. The van der Waals surface area contributed by atoms with Crippen molar-refractivity contribution in [3.8, 4) is 5.75 Å². The second-order valence-corrected chi connectivity index (χ2v) is 9.67. The molecule has 44 heavy (non-hydrogen) atoms. The monoisotopic (exact) mass is 641 g/mol. The Bertz CT molecular complexity index is 1220. The van der Waals surface area contributed by atoms with Gasteiger partial charge in [0.15, 0.2) is 36.1 Å². The Morgan fingerprint density at radius 3 is 1.86 bits per heavy atom. The first-order chi connectivity index (χ1) is 20.5. The number of esters is 3. The van der Waals surface area contributed by atoms with Crippen LogP contribution in [0.3, 0.4) is 0 Å². The van der Waals surface area contributed by atoms with Crippen molar-refractivity contribution >= 4 is 29.6 Å². The maximum absolute atomic E-state index is 13.9. The molecule has 17 heteroatoms. The van der Waals surface area contributed by atoms with Crippen LogP contribution >= 0.6 is 0 Å². The summed E-state index contributed by atoms with van der Waals surface area (Å²) in [7, 11) is 0. The number of halogens is 5. The normalized spacial score (nSPS) is 22.0. The van der Waals surface area contributed by atoms with Crippen LogP contribution in [0.5, 0.6) is 5.75 Å². The third-order valence-electron chi connectivity index (χ3n) is 6.09. The molecule has 1 heterocycles. The molecule has 1 amide bonds. The highest BCUT2D eigenvalue weighted by Gasteiger charge is 2.51. The number of hydrogen-bond acceptors (Lipinski definition) is 11. The van der Waals surface area contributed by atoms with Crippen LogP contribution < -0.4 is 10.1 Å². The number of nitrogens with one attached hydrogen (secondary N) is 1. The second kappa shape index (κ2) is 16.3. The third kappa shape index (κ3) is 9.83. The minimum atomic E-state index is -2.37. The lowest BCUT2D eigenvalue weighted by atomic mass is 9.96. The lowest BCUT2D eigenvalue weighted by Gasteiger charge is -2.44. The van der Waals surface area contributed by atoms with Gasteiger partial charge in [-0.05, 0) is 19.8 Å². The average molecular weight is 642 g/mol. The third-order valence-corrected chi connectivity index (χ3v) is 6.09. The van der Waals surface area contributed by atoms with Crippen LogP contribution in [0, 0.1) is 29.1 Å². The van der Waals surface area contributed by atoms with E-state index in [0.717, 1.165) is 34.6 Å². The average Bonchev–Trinajstić information content (AvgIpc) is 2.93. The van der Waals surface area contributed by atoms with Gasteiger partial charge >= 0.3 is 17.9 Å². The van der Waals surface area contributed by atoms with E-state index in [9.17, 15) is 45.9 Å². The minimum absolute atomic E-state index is 0.0987. The Balaban J connectivity index is 2.08. The first-order valence-electron chi connectivity index (χ1n) is 13.3. The van der Waals surface area contributed by atoms with Crippen molar-refractivity contribution in [2.75, 3.05) is 13.2 Å². The summed E-state index contributed by atoms with van der Waals surface area (Å²) >= 11 is 0. The summed E-state index contributed by atoms with van der Waals surface area (Å²) in [6.45, 7) is 4.95. The predicted molar refractivity (Wildman–Crippen MR) is 135 cm³/mol. The van der Waals surface area contributed by atoms with E-state index in [1.165, 1.54) is 0 Å². The highest BCUT2D eigenvalue weighted by atomic mass is 19.2. The number of ketones is 1. The van der Waals surface area contributed by atoms with Gasteiger partial charge in [0.05, 0.1) is 0 Å². The first kappa shape index (κ1) is 36.3. The van der Waals surface area contributed by atoms with Crippen LogP contribution in [-0.4, -0.2) is 79.6 Å². The predicted octanol–water partition coefficient (Wildman–Crippen LogP) is 2.56. The largest absolute Gasteiger partial charge is 0.477 e. The van der Waals surface area contributed by atoms with Crippen molar-refractivity contribution in [1.82, 2.24) is 5.32 Å². The number of Topliss-reactive ketones (excluding diaryl/α,β-unsaturated/α-hetero) is 1. The molecule has 6 atom stereocenters. The molecule has 1 aliphatic heterocycles. The highest BCUT2D eigenvalue weighted by molar-refractivity contribution is 5.83. The number of benzene rings is 1. The summed E-state index contributed by atoms with van der Waals surface area (Å²) in [6.07, 6.45) is -6.74. The molecule has 1 saturated heterocycles. The SMILES string of the molecule is CC(=O)N[C@H]1[C@H](OCCCCC(=O)C(C)Oc2c(F)c(F)c(F)c(F)c2F)O[C@H](COC(C)=O)[C@H](OC(C)=O)[C@@H]1OC(C)=O. The zero-order chi connectivity index (χ0) is 33.3. The van der Waals surface area contributed by atoms with E-state index in [-0.39, 0.29) is 25.9 Å². The van der Waals surface area contributed by atoms with Crippen LogP contribution in [0.15, 0.2) is 0 Å². The molecule has 12 nitrogen and oxygen atoms in total. The molecule has 0 bridgehead atoms. The summed E-state index contributed by atoms with van der Waals surface area (Å²) in [5.41, 5.74) is 0. The fraction of sp³-hybridized carbons (Fsp3) is 0.593. The van der Waals surface area contributed by atoms with Gasteiger partial charge in [-0.15, -0.1) is 0 Å². The molecular formula is C27H32F5NO11. The van der Waals surface area contributed by atoms with Gasteiger partial charge in [-0.25, -0.2) is 13.2 Å². The van der Waals surface area contributed by atoms with E-state index < -0.39 is 108 Å². The zero-order valence-corrected chi connectivity index (χ0v) is 24.4. The number of rotatable bonds is 14. The summed E-state index contributed by atoms with van der Waals surface area (Å²) in [4.78, 5) is 59.5. The number of ether oxygens (including phenoxy) is 6. The number of amides is 1. The van der Waals surface area contributed by atoms with E-state index >= 15 is 0 Å². The Kier molecular flexibility index (Phi) is 13.4. The van der Waals surface area contributed by atoms with Crippen molar-refractivity contribution in [2.45, 2.75) is 90.6 Å². The second-order valence-electron chi connectivity index (χ2n) is 9.67. The molecule has 1 aliphatic rings. The van der Waals surface area contributed by atoms with E-state index in [2.05, 4.69) is 5.32 Å². The van der Waals surface area contributed by atoms with Gasteiger partial charge in [-0.1, -0.05) is 0 Å². The quantitative estimate of drug-likeness (QED) is 0.0797. The van der Waals surface area contributed by atoms with Gasteiger partial charge in [0.2, 0.25) is 35.0 Å². The lowest BCUT2D eigenvalue weighted by molar-refractivity contribution is -0.277. The van der Waals surface area contributed by atoms with Crippen molar-refractivity contribution in [2.24, 2.45) is 0 Å². The lowest BCUT2D eigenvalue weighted by Crippen LogP contribution is -2.66. The van der Waals surface area contributed by atoms with E-state index in [1.807, 2.05) is 0 Å². The molecule has 0 aliphatic carbocycles. The molecule has 1 aromatic rings. The van der Waals surface area contributed by atoms with Crippen molar-refractivity contribution in [3.05, 3.63) is 29.1 Å². The van der Waals surface area contributed by atoms with E-state index in [4.69, 9.17) is 28.4 Å².